The van der Waals surface area contributed by atoms with Gasteiger partial charge in [0.1, 0.15) is 11.6 Å². The van der Waals surface area contributed by atoms with E-state index in [1.54, 1.807) is 59.6 Å². The van der Waals surface area contributed by atoms with E-state index in [2.05, 4.69) is 30.8 Å². The number of halogens is 2. The Balaban J connectivity index is 1.07. The monoisotopic (exact) mass is 734 g/mol. The van der Waals surface area contributed by atoms with Gasteiger partial charge in [-0.1, -0.05) is 12.1 Å². The number of hydrogen-bond acceptors (Lipinski definition) is 6. The summed E-state index contributed by atoms with van der Waals surface area (Å²) in [6.45, 7) is 7.32. The van der Waals surface area contributed by atoms with Gasteiger partial charge in [0.25, 0.3) is 11.1 Å². The number of aryl methyl sites for hydroxylation is 2. The maximum atomic E-state index is 15.5. The Morgan fingerprint density at radius 3 is 1.93 bits per heavy atom. The summed E-state index contributed by atoms with van der Waals surface area (Å²) in [6, 6.07) is 12.9. The molecule has 14 heteroatoms. The van der Waals surface area contributed by atoms with Crippen LogP contribution in [-0.4, -0.2) is 54.4 Å². The molecule has 6 heterocycles. The van der Waals surface area contributed by atoms with Gasteiger partial charge in [0.2, 0.25) is 11.8 Å². The number of aromatic nitrogens is 6. The summed E-state index contributed by atoms with van der Waals surface area (Å²) in [5.74, 6) is -1.71. The normalized spacial score (nSPS) is 21.8. The first kappa shape index (κ1) is 35.1. The van der Waals surface area contributed by atoms with Crippen molar-refractivity contribution in [2.24, 2.45) is 5.92 Å². The lowest BCUT2D eigenvalue weighted by molar-refractivity contribution is -0.131. The number of benzene rings is 2. The number of hydrogen-bond donors (Lipinski definition) is 4. The Bertz CT molecular complexity index is 2610. The number of piperidine rings is 2. The number of pyridine rings is 2. The van der Waals surface area contributed by atoms with E-state index in [0.29, 0.717) is 101 Å². The van der Waals surface area contributed by atoms with E-state index < -0.39 is 33.6 Å². The Morgan fingerprint density at radius 1 is 0.759 bits per heavy atom. The highest BCUT2D eigenvalue weighted by Crippen LogP contribution is 2.39. The van der Waals surface area contributed by atoms with E-state index in [1.165, 1.54) is 24.5 Å². The van der Waals surface area contributed by atoms with E-state index in [-0.39, 0.29) is 17.7 Å². The van der Waals surface area contributed by atoms with Gasteiger partial charge in [-0.2, -0.15) is 10.2 Å². The van der Waals surface area contributed by atoms with Gasteiger partial charge < -0.3 is 20.6 Å². The lowest BCUT2D eigenvalue weighted by Crippen LogP contribution is -2.55. The molecule has 0 aliphatic carbocycles. The van der Waals surface area contributed by atoms with Gasteiger partial charge in [0.05, 0.1) is 45.0 Å². The number of fused-ring (bicyclic) bond motifs is 2. The van der Waals surface area contributed by atoms with Crippen molar-refractivity contribution in [3.8, 4) is 22.5 Å². The van der Waals surface area contributed by atoms with Crippen molar-refractivity contribution < 1.29 is 18.4 Å². The minimum atomic E-state index is -1.20. The average molecular weight is 735 g/mol. The molecule has 2 aromatic carbocycles. The molecule has 8 rings (SSSR count). The number of H-pyrrole nitrogens is 2. The van der Waals surface area contributed by atoms with Gasteiger partial charge in [0.15, 0.2) is 0 Å². The third kappa shape index (κ3) is 5.62. The van der Waals surface area contributed by atoms with Crippen LogP contribution in [0.3, 0.4) is 0 Å². The maximum absolute atomic E-state index is 15.5. The number of carbonyl (C=O) groups is 2. The van der Waals surface area contributed by atoms with Crippen LogP contribution in [0.4, 0.5) is 8.78 Å². The van der Waals surface area contributed by atoms with Crippen molar-refractivity contribution in [1.29, 1.82) is 0 Å². The van der Waals surface area contributed by atoms with Crippen LogP contribution in [0.5, 0.6) is 0 Å². The molecule has 54 heavy (non-hydrogen) atoms. The van der Waals surface area contributed by atoms with E-state index in [1.807, 2.05) is 6.92 Å². The molecule has 2 aliphatic heterocycles. The van der Waals surface area contributed by atoms with Crippen LogP contribution in [0.1, 0.15) is 57.6 Å². The van der Waals surface area contributed by atoms with Crippen LogP contribution in [0.25, 0.3) is 44.3 Å². The van der Waals surface area contributed by atoms with Crippen molar-refractivity contribution >= 4 is 33.6 Å². The van der Waals surface area contributed by atoms with E-state index in [0.717, 1.165) is 6.42 Å². The lowest BCUT2D eigenvalue weighted by Gasteiger charge is -2.40. The van der Waals surface area contributed by atoms with Gasteiger partial charge >= 0.3 is 0 Å². The smallest absolute Gasteiger partial charge is 0.252 e. The predicted molar refractivity (Wildman–Crippen MR) is 200 cm³/mol. The standard InChI is InChI=1S/C40H40F2N8O4/c1-4-49-33-18-22(16-29(41)25(33)20-45-49)32-9-7-28(36(52)48-32)40(3)24(10-14-44-38(40)54)11-15-50-34-19-23(17-30(42)26(34)21-46-50)31-8-6-27(35(51)47-31)39(2)12-5-13-43-37(39)53/h6-9,16-21,24H,4-5,10-15H2,1-3H3,(H,43,53)(H,44,54)(H,47,51)(H,48,52). The van der Waals surface area contributed by atoms with Crippen molar-refractivity contribution in [3.05, 3.63) is 104 Å². The molecule has 2 fully saturated rings. The number of nitrogens with one attached hydrogen (secondary N) is 4. The first-order valence-corrected chi connectivity index (χ1v) is 18.3. The van der Waals surface area contributed by atoms with E-state index >= 15 is 8.78 Å². The number of carbonyl (C=O) groups excluding carboxylic acids is 2. The van der Waals surface area contributed by atoms with Crippen LogP contribution in [-0.2, 0) is 33.5 Å². The summed E-state index contributed by atoms with van der Waals surface area (Å²) in [5.41, 5.74) is 0.491. The number of aromatic amines is 2. The second-order valence-corrected chi connectivity index (χ2v) is 14.8. The lowest BCUT2D eigenvalue weighted by atomic mass is 9.67. The number of rotatable bonds is 8. The highest BCUT2D eigenvalue weighted by Gasteiger charge is 2.46. The first-order chi connectivity index (χ1) is 25.9. The molecule has 2 saturated heterocycles. The SMILES string of the molecule is CCn1ncc2c(F)cc(-c3ccc(C4(C)C(=O)NCCC4CCn4ncc5c(F)cc(-c6ccc(C7(C)CCCNC7=O)c(=O)[nH]6)cc54)c(=O)[nH]3)cc21. The summed E-state index contributed by atoms with van der Waals surface area (Å²) in [5, 5.41) is 15.2. The van der Waals surface area contributed by atoms with Crippen LogP contribution in [0.2, 0.25) is 0 Å². The Labute approximate surface area is 308 Å². The summed E-state index contributed by atoms with van der Waals surface area (Å²) in [6.07, 6.45) is 5.28. The predicted octanol–water partition coefficient (Wildman–Crippen LogP) is 5.05. The van der Waals surface area contributed by atoms with Crippen LogP contribution in [0, 0.1) is 17.6 Å². The molecular formula is C40H40F2N8O4. The zero-order chi connectivity index (χ0) is 37.9. The summed E-state index contributed by atoms with van der Waals surface area (Å²) in [7, 11) is 0. The van der Waals surface area contributed by atoms with Crippen molar-refractivity contribution in [1.82, 2.24) is 40.2 Å². The Morgan fingerprint density at radius 2 is 1.33 bits per heavy atom. The largest absolute Gasteiger partial charge is 0.355 e. The second-order valence-electron chi connectivity index (χ2n) is 14.8. The number of nitrogens with zero attached hydrogens (tertiary/aromatic N) is 4. The molecule has 2 amide bonds. The fraction of sp³-hybridized carbons (Fsp3) is 0.350. The minimum Gasteiger partial charge on any atom is -0.355 e. The molecule has 278 valence electrons. The molecule has 0 radical (unpaired) electrons. The summed E-state index contributed by atoms with van der Waals surface area (Å²) < 4.78 is 33.9. The highest BCUT2D eigenvalue weighted by atomic mass is 19.1. The molecular weight excluding hydrogens is 694 g/mol. The second kappa shape index (κ2) is 13.2. The molecule has 3 unspecified atom stereocenters. The van der Waals surface area contributed by atoms with Crippen LogP contribution in [0.15, 0.2) is 70.5 Å². The number of amides is 2. The maximum Gasteiger partial charge on any atom is 0.252 e. The van der Waals surface area contributed by atoms with Crippen molar-refractivity contribution in [2.45, 2.75) is 70.4 Å². The van der Waals surface area contributed by atoms with E-state index in [4.69, 9.17) is 0 Å². The molecule has 4 N–H and O–H groups in total. The Kier molecular flexibility index (Phi) is 8.58. The van der Waals surface area contributed by atoms with Gasteiger partial charge in [-0.3, -0.25) is 28.5 Å². The molecule has 6 aromatic rings. The molecule has 0 bridgehead atoms. The molecule has 0 saturated carbocycles. The van der Waals surface area contributed by atoms with E-state index in [9.17, 15) is 19.2 Å². The summed E-state index contributed by atoms with van der Waals surface area (Å²) >= 11 is 0. The molecule has 0 spiro atoms. The fourth-order valence-electron chi connectivity index (χ4n) is 8.42. The van der Waals surface area contributed by atoms with Crippen molar-refractivity contribution in [2.75, 3.05) is 13.1 Å². The Hall–Kier alpha value is -5.92. The van der Waals surface area contributed by atoms with Gasteiger partial charge in [-0.25, -0.2) is 8.78 Å². The highest BCUT2D eigenvalue weighted by molar-refractivity contribution is 5.90. The molecule has 3 atom stereocenters. The molecule has 4 aromatic heterocycles. The fourth-order valence-corrected chi connectivity index (χ4v) is 8.42. The van der Waals surface area contributed by atoms with Crippen LogP contribution < -0.4 is 21.8 Å². The van der Waals surface area contributed by atoms with Crippen molar-refractivity contribution in [3.63, 3.8) is 0 Å². The zero-order valence-electron chi connectivity index (χ0n) is 30.2. The quantitative estimate of drug-likeness (QED) is 0.171. The third-order valence-corrected chi connectivity index (χ3v) is 11.7. The minimum absolute atomic E-state index is 0.192. The summed E-state index contributed by atoms with van der Waals surface area (Å²) in [4.78, 5) is 59.1. The topological polar surface area (TPSA) is 160 Å². The van der Waals surface area contributed by atoms with Crippen LogP contribution >= 0.6 is 0 Å². The molecule has 12 nitrogen and oxygen atoms in total. The van der Waals surface area contributed by atoms with Gasteiger partial charge in [-0.05, 0) is 88.8 Å². The molecule has 2 aliphatic rings. The average Bonchev–Trinajstić information content (AvgIpc) is 3.78. The zero-order valence-corrected chi connectivity index (χ0v) is 30.2. The third-order valence-electron chi connectivity index (χ3n) is 11.7. The first-order valence-electron chi connectivity index (χ1n) is 18.3. The van der Waals surface area contributed by atoms with Gasteiger partial charge in [-0.15, -0.1) is 0 Å². The van der Waals surface area contributed by atoms with Gasteiger partial charge in [0, 0.05) is 59.8 Å².